The van der Waals surface area contributed by atoms with Crippen LogP contribution >= 0.6 is 11.3 Å². The Morgan fingerprint density at radius 2 is 0.803 bits per heavy atom. The van der Waals surface area contributed by atoms with Crippen LogP contribution in [0.3, 0.4) is 0 Å². The number of thiophene rings is 1. The second-order valence-electron chi connectivity index (χ2n) is 19.5. The Hall–Kier alpha value is -9.95. The van der Waals surface area contributed by atoms with Gasteiger partial charge in [-0.2, -0.15) is 0 Å². The van der Waals surface area contributed by atoms with Crippen molar-refractivity contribution in [2.75, 3.05) is 0 Å². The highest BCUT2D eigenvalue weighted by atomic mass is 32.1. The van der Waals surface area contributed by atoms with Gasteiger partial charge in [0, 0.05) is 74.9 Å². The van der Waals surface area contributed by atoms with Crippen LogP contribution in [-0.4, -0.2) is 19.5 Å². The van der Waals surface area contributed by atoms with Crippen molar-refractivity contribution >= 4 is 97.2 Å². The largest absolute Gasteiger partial charge is 0.456 e. The molecule has 354 valence electrons. The van der Waals surface area contributed by atoms with E-state index in [2.05, 4.69) is 205 Å². The fraction of sp³-hybridized carbons (Fsp3) is 0. The van der Waals surface area contributed by atoms with Crippen LogP contribution in [0.4, 0.5) is 0 Å². The van der Waals surface area contributed by atoms with E-state index in [1.807, 2.05) is 53.8 Å². The van der Waals surface area contributed by atoms with Crippen LogP contribution in [0.15, 0.2) is 251 Å². The minimum absolute atomic E-state index is 0.551. The van der Waals surface area contributed by atoms with Gasteiger partial charge in [0.25, 0.3) is 0 Å². The van der Waals surface area contributed by atoms with Gasteiger partial charge < -0.3 is 13.4 Å². The summed E-state index contributed by atoms with van der Waals surface area (Å²) in [5.41, 5.74) is 16.0. The molecular formula is C69H40N4O2S. The van der Waals surface area contributed by atoms with E-state index in [0.717, 1.165) is 94.0 Å². The number of benzene rings is 11. The molecule has 0 N–H and O–H groups in total. The molecule has 5 aromatic heterocycles. The normalized spacial score (nSPS) is 11.9. The Morgan fingerprint density at radius 3 is 1.57 bits per heavy atom. The molecule has 0 bridgehead atoms. The van der Waals surface area contributed by atoms with E-state index >= 15 is 0 Å². The molecule has 0 amide bonds. The Kier molecular flexibility index (Phi) is 9.40. The van der Waals surface area contributed by atoms with Crippen LogP contribution in [0.5, 0.6) is 0 Å². The van der Waals surface area contributed by atoms with E-state index in [9.17, 15) is 0 Å². The monoisotopic (exact) mass is 988 g/mol. The van der Waals surface area contributed by atoms with Crippen LogP contribution in [-0.2, 0) is 0 Å². The molecule has 0 aliphatic rings. The number of para-hydroxylation sites is 1. The first-order valence-electron chi connectivity index (χ1n) is 25.5. The number of furan rings is 2. The van der Waals surface area contributed by atoms with Gasteiger partial charge in [-0.3, -0.25) is 0 Å². The van der Waals surface area contributed by atoms with E-state index in [1.54, 1.807) is 0 Å². The zero-order chi connectivity index (χ0) is 49.8. The summed E-state index contributed by atoms with van der Waals surface area (Å²) in [6.07, 6.45) is 0. The maximum Gasteiger partial charge on any atom is 0.164 e. The number of rotatable bonds is 7. The van der Waals surface area contributed by atoms with E-state index in [4.69, 9.17) is 23.8 Å². The Labute approximate surface area is 439 Å². The minimum atomic E-state index is 0.551. The summed E-state index contributed by atoms with van der Waals surface area (Å²) in [7, 11) is 0. The summed E-state index contributed by atoms with van der Waals surface area (Å²) in [4.78, 5) is 15.6. The fourth-order valence-corrected chi connectivity index (χ4v) is 12.6. The summed E-state index contributed by atoms with van der Waals surface area (Å²) < 4.78 is 18.4. The minimum Gasteiger partial charge on any atom is -0.456 e. The van der Waals surface area contributed by atoms with Gasteiger partial charge in [-0.1, -0.05) is 152 Å². The molecule has 0 fully saturated rings. The number of hydrogen-bond acceptors (Lipinski definition) is 6. The standard InChI is InChI=1S/C69H40N4O2S/c1-4-14-41(15-5-1)43-29-34-57-55(36-43)56-37-44(30-35-58(56)73(57)48-18-8-3-9-19-48)45-26-33-52-62(38-45)74-59-23-12-22-54(65(52)59)69-71-67(42-16-6-2-7-17-42)70-68(72-69)47-28-32-51-50-31-27-46(39-60(50)75-61(51)40-47)49-21-13-25-64-66(49)53-20-10-11-24-63(53)76-64/h1-40H. The molecule has 16 aromatic rings. The summed E-state index contributed by atoms with van der Waals surface area (Å²) >= 11 is 1.83. The van der Waals surface area contributed by atoms with Gasteiger partial charge in [0.1, 0.15) is 22.3 Å². The molecule has 76 heavy (non-hydrogen) atoms. The van der Waals surface area contributed by atoms with Crippen LogP contribution in [0.2, 0.25) is 0 Å². The molecule has 0 saturated heterocycles. The maximum atomic E-state index is 6.75. The lowest BCUT2D eigenvalue weighted by atomic mass is 9.98. The zero-order valence-corrected chi connectivity index (χ0v) is 41.4. The van der Waals surface area contributed by atoms with Crippen molar-refractivity contribution in [2.45, 2.75) is 0 Å². The van der Waals surface area contributed by atoms with Crippen molar-refractivity contribution in [3.05, 3.63) is 243 Å². The second kappa shape index (κ2) is 16.8. The highest BCUT2D eigenvalue weighted by Crippen LogP contribution is 2.44. The van der Waals surface area contributed by atoms with Crippen LogP contribution in [0.25, 0.3) is 159 Å². The smallest absolute Gasteiger partial charge is 0.164 e. The lowest BCUT2D eigenvalue weighted by Crippen LogP contribution is -2.00. The Morgan fingerprint density at radius 1 is 0.289 bits per heavy atom. The summed E-state index contributed by atoms with van der Waals surface area (Å²) in [5, 5.41) is 8.97. The zero-order valence-electron chi connectivity index (χ0n) is 40.6. The average Bonchev–Trinajstić information content (AvgIpc) is 4.31. The summed E-state index contributed by atoms with van der Waals surface area (Å²) in [6.45, 7) is 0. The van der Waals surface area contributed by atoms with Gasteiger partial charge in [0.05, 0.1) is 11.0 Å². The predicted molar refractivity (Wildman–Crippen MR) is 314 cm³/mol. The summed E-state index contributed by atoms with van der Waals surface area (Å²) in [6, 6.07) is 85.7. The van der Waals surface area contributed by atoms with E-state index in [-0.39, 0.29) is 0 Å². The molecule has 6 nitrogen and oxygen atoms in total. The average molecular weight is 989 g/mol. The molecular weight excluding hydrogens is 949 g/mol. The topological polar surface area (TPSA) is 69.9 Å². The molecule has 0 aliphatic heterocycles. The lowest BCUT2D eigenvalue weighted by molar-refractivity contribution is 0.669. The second-order valence-corrected chi connectivity index (χ2v) is 20.5. The van der Waals surface area contributed by atoms with Gasteiger partial charge in [0.2, 0.25) is 0 Å². The number of hydrogen-bond donors (Lipinski definition) is 0. The van der Waals surface area contributed by atoms with Crippen LogP contribution in [0, 0.1) is 0 Å². The predicted octanol–water partition coefficient (Wildman–Crippen LogP) is 19.1. The van der Waals surface area contributed by atoms with Crippen molar-refractivity contribution in [3.63, 3.8) is 0 Å². The van der Waals surface area contributed by atoms with Crippen LogP contribution in [0.1, 0.15) is 0 Å². The Bertz CT molecular complexity index is 4990. The highest BCUT2D eigenvalue weighted by Gasteiger charge is 2.21. The SMILES string of the molecule is c1ccc(-c2ccc3c(c2)c2cc(-c4ccc5c(c4)oc4cccc(-c6nc(-c7ccccc7)nc(-c7ccc8c(c7)oc7cc(-c9cccc%10sc%11ccccc%11c9%10)ccc78)n6)c45)ccc2n3-c2ccccc2)cc1. The molecule has 0 spiro atoms. The third kappa shape index (κ3) is 6.76. The first-order valence-corrected chi connectivity index (χ1v) is 26.3. The third-order valence-electron chi connectivity index (χ3n) is 15.1. The fourth-order valence-electron chi connectivity index (χ4n) is 11.5. The van der Waals surface area contributed by atoms with Crippen molar-refractivity contribution in [3.8, 4) is 73.2 Å². The molecule has 0 unspecified atom stereocenters. The van der Waals surface area contributed by atoms with Gasteiger partial charge in [-0.15, -0.1) is 11.3 Å². The number of aromatic nitrogens is 4. The van der Waals surface area contributed by atoms with E-state index < -0.39 is 0 Å². The number of fused-ring (bicyclic) bond motifs is 12. The van der Waals surface area contributed by atoms with E-state index in [0.29, 0.717) is 17.5 Å². The molecule has 7 heteroatoms. The molecule has 0 radical (unpaired) electrons. The molecule has 0 atom stereocenters. The van der Waals surface area contributed by atoms with E-state index in [1.165, 1.54) is 47.6 Å². The van der Waals surface area contributed by atoms with Crippen molar-refractivity contribution in [1.82, 2.24) is 19.5 Å². The summed E-state index contributed by atoms with van der Waals surface area (Å²) in [5.74, 6) is 1.69. The third-order valence-corrected chi connectivity index (χ3v) is 16.2. The lowest BCUT2D eigenvalue weighted by Gasteiger charge is -2.09. The molecule has 5 heterocycles. The highest BCUT2D eigenvalue weighted by molar-refractivity contribution is 7.25. The Balaban J connectivity index is 0.802. The van der Waals surface area contributed by atoms with Gasteiger partial charge in [0.15, 0.2) is 17.5 Å². The quantitative estimate of drug-likeness (QED) is 0.159. The van der Waals surface area contributed by atoms with Crippen LogP contribution < -0.4 is 0 Å². The maximum absolute atomic E-state index is 6.75. The van der Waals surface area contributed by atoms with Crippen molar-refractivity contribution < 1.29 is 8.83 Å². The number of nitrogens with zero attached hydrogens (tertiary/aromatic N) is 4. The van der Waals surface area contributed by atoms with Gasteiger partial charge >= 0.3 is 0 Å². The first kappa shape index (κ1) is 42.5. The van der Waals surface area contributed by atoms with Gasteiger partial charge in [-0.25, -0.2) is 15.0 Å². The molecule has 11 aromatic carbocycles. The van der Waals surface area contributed by atoms with Gasteiger partial charge in [-0.05, 0) is 124 Å². The molecule has 0 aliphatic carbocycles. The molecule has 16 rings (SSSR count). The van der Waals surface area contributed by atoms with Crippen molar-refractivity contribution in [2.24, 2.45) is 0 Å². The van der Waals surface area contributed by atoms with Crippen molar-refractivity contribution in [1.29, 1.82) is 0 Å². The first-order chi connectivity index (χ1) is 37.6. The molecule has 0 saturated carbocycles.